The molecule has 1 aromatic heterocycles. The minimum absolute atomic E-state index is 0.127. The maximum absolute atomic E-state index is 12.9. The first-order chi connectivity index (χ1) is 15.9. The monoisotopic (exact) mass is 460 g/mol. The average Bonchev–Trinajstić information content (AvgIpc) is 3.13. The Bertz CT molecular complexity index is 1330. The van der Waals surface area contributed by atoms with Gasteiger partial charge < -0.3 is 15.2 Å². The first kappa shape index (κ1) is 22.6. The number of nitrogens with zero attached hydrogens (tertiary/aromatic N) is 2. The number of aromatic nitrogens is 2. The zero-order valence-corrected chi connectivity index (χ0v) is 19.3. The van der Waals surface area contributed by atoms with Crippen molar-refractivity contribution in [1.82, 2.24) is 14.9 Å². The zero-order valence-electron chi connectivity index (χ0n) is 18.6. The van der Waals surface area contributed by atoms with Crippen molar-refractivity contribution in [2.75, 3.05) is 11.9 Å². The number of imidazole rings is 1. The highest BCUT2D eigenvalue weighted by Crippen LogP contribution is 2.19. The van der Waals surface area contributed by atoms with Gasteiger partial charge in [0, 0.05) is 18.7 Å². The normalized spacial score (nSPS) is 10.9. The highest BCUT2D eigenvalue weighted by Gasteiger charge is 2.15. The van der Waals surface area contributed by atoms with Crippen LogP contribution in [0.4, 0.5) is 5.69 Å². The van der Waals surface area contributed by atoms with E-state index in [0.29, 0.717) is 23.6 Å². The van der Waals surface area contributed by atoms with Crippen LogP contribution in [0.15, 0.2) is 66.7 Å². The van der Waals surface area contributed by atoms with E-state index in [4.69, 9.17) is 16.6 Å². The lowest BCUT2D eigenvalue weighted by atomic mass is 10.1. The van der Waals surface area contributed by atoms with Crippen LogP contribution in [0.2, 0.25) is 5.02 Å². The highest BCUT2D eigenvalue weighted by molar-refractivity contribution is 6.33. The second-order valence-corrected chi connectivity index (χ2v) is 8.36. The quantitative estimate of drug-likeness (QED) is 0.411. The molecule has 0 aliphatic rings. The van der Waals surface area contributed by atoms with E-state index >= 15 is 0 Å². The molecule has 4 aromatic rings. The number of halogens is 1. The van der Waals surface area contributed by atoms with Crippen molar-refractivity contribution in [3.8, 4) is 0 Å². The molecule has 33 heavy (non-hydrogen) atoms. The molecule has 0 saturated carbocycles. The molecule has 0 spiro atoms. The summed E-state index contributed by atoms with van der Waals surface area (Å²) in [7, 11) is 0. The maximum Gasteiger partial charge on any atom is 0.252 e. The third-order valence-electron chi connectivity index (χ3n) is 5.46. The number of amides is 2. The fraction of sp³-hybridized carbons (Fsp3) is 0.192. The summed E-state index contributed by atoms with van der Waals surface area (Å²) in [4.78, 5) is 30.1. The Morgan fingerprint density at radius 3 is 2.58 bits per heavy atom. The molecule has 0 saturated heterocycles. The summed E-state index contributed by atoms with van der Waals surface area (Å²) in [5.74, 6) is 0.357. The molecule has 6 nitrogen and oxygen atoms in total. The lowest BCUT2D eigenvalue weighted by Gasteiger charge is -2.12. The fourth-order valence-corrected chi connectivity index (χ4v) is 3.95. The van der Waals surface area contributed by atoms with Gasteiger partial charge in [-0.05, 0) is 55.3 Å². The van der Waals surface area contributed by atoms with Crippen LogP contribution in [-0.4, -0.2) is 27.9 Å². The van der Waals surface area contributed by atoms with Crippen LogP contribution in [0.5, 0.6) is 0 Å². The molecule has 168 valence electrons. The second-order valence-electron chi connectivity index (χ2n) is 7.96. The number of aryl methyl sites for hydroxylation is 2. The Labute approximate surface area is 197 Å². The van der Waals surface area contributed by atoms with Crippen LogP contribution in [0, 0.1) is 13.8 Å². The van der Waals surface area contributed by atoms with E-state index in [1.165, 1.54) is 0 Å². The van der Waals surface area contributed by atoms with Crippen molar-refractivity contribution in [3.63, 3.8) is 0 Å². The predicted molar refractivity (Wildman–Crippen MR) is 132 cm³/mol. The number of fused-ring (bicyclic) bond motifs is 1. The van der Waals surface area contributed by atoms with Crippen molar-refractivity contribution in [2.45, 2.75) is 26.8 Å². The van der Waals surface area contributed by atoms with Gasteiger partial charge in [-0.2, -0.15) is 0 Å². The number of anilines is 1. The lowest BCUT2D eigenvalue weighted by molar-refractivity contribution is -0.116. The number of nitrogens with one attached hydrogen (secondary N) is 2. The van der Waals surface area contributed by atoms with Gasteiger partial charge in [0.1, 0.15) is 12.4 Å². The van der Waals surface area contributed by atoms with Crippen LogP contribution in [0.1, 0.15) is 27.3 Å². The van der Waals surface area contributed by atoms with Crippen LogP contribution in [-0.2, 0) is 17.8 Å². The molecule has 1 heterocycles. The molecule has 2 amide bonds. The van der Waals surface area contributed by atoms with E-state index in [9.17, 15) is 9.59 Å². The molecule has 0 aliphatic carbocycles. The van der Waals surface area contributed by atoms with Gasteiger partial charge in [-0.25, -0.2) is 4.98 Å². The lowest BCUT2D eigenvalue weighted by Crippen LogP contribution is -2.27. The van der Waals surface area contributed by atoms with Crippen LogP contribution >= 0.6 is 11.6 Å². The molecular formula is C26H25ClN4O2. The molecule has 0 radical (unpaired) electrons. The smallest absolute Gasteiger partial charge is 0.252 e. The van der Waals surface area contributed by atoms with Crippen LogP contribution in [0.3, 0.4) is 0 Å². The van der Waals surface area contributed by atoms with Crippen molar-refractivity contribution < 1.29 is 9.59 Å². The van der Waals surface area contributed by atoms with Crippen molar-refractivity contribution >= 4 is 40.1 Å². The van der Waals surface area contributed by atoms with Gasteiger partial charge in [-0.15, -0.1) is 0 Å². The highest BCUT2D eigenvalue weighted by atomic mass is 35.5. The second kappa shape index (κ2) is 9.88. The van der Waals surface area contributed by atoms with Crippen molar-refractivity contribution in [2.24, 2.45) is 0 Å². The summed E-state index contributed by atoms with van der Waals surface area (Å²) in [6.45, 7) is 4.45. The van der Waals surface area contributed by atoms with Gasteiger partial charge in [-0.1, -0.05) is 48.0 Å². The molecule has 7 heteroatoms. The van der Waals surface area contributed by atoms with Crippen molar-refractivity contribution in [1.29, 1.82) is 0 Å². The zero-order chi connectivity index (χ0) is 23.4. The Morgan fingerprint density at radius 1 is 1.00 bits per heavy atom. The third-order valence-corrected chi connectivity index (χ3v) is 5.78. The summed E-state index contributed by atoms with van der Waals surface area (Å²) >= 11 is 6.12. The summed E-state index contributed by atoms with van der Waals surface area (Å²) in [5.41, 5.74) is 5.01. The molecule has 4 rings (SSSR count). The Hall–Kier alpha value is -3.64. The van der Waals surface area contributed by atoms with Gasteiger partial charge in [0.15, 0.2) is 0 Å². The topological polar surface area (TPSA) is 76.0 Å². The van der Waals surface area contributed by atoms with E-state index in [2.05, 4.69) is 10.6 Å². The number of hydrogen-bond acceptors (Lipinski definition) is 3. The summed E-state index contributed by atoms with van der Waals surface area (Å²) in [5, 5.41) is 6.31. The minimum atomic E-state index is -0.240. The SMILES string of the molecule is Cc1ccc(C)c(NC(=O)Cn2c(CCNC(=O)c3ccccc3Cl)nc3ccccc32)c1. The predicted octanol–water partition coefficient (Wildman–Crippen LogP) is 4.92. The number of para-hydroxylation sites is 2. The van der Waals surface area contributed by atoms with Gasteiger partial charge in [0.05, 0.1) is 21.6 Å². The van der Waals surface area contributed by atoms with Gasteiger partial charge in [0.2, 0.25) is 5.91 Å². The number of carbonyl (C=O) groups is 2. The molecule has 0 fully saturated rings. The number of rotatable bonds is 7. The summed E-state index contributed by atoms with van der Waals surface area (Å²) in [6.07, 6.45) is 0.474. The molecule has 0 unspecified atom stereocenters. The van der Waals surface area contributed by atoms with E-state index in [0.717, 1.165) is 33.7 Å². The first-order valence-electron chi connectivity index (χ1n) is 10.8. The number of hydrogen-bond donors (Lipinski definition) is 2. The van der Waals surface area contributed by atoms with Crippen LogP contribution in [0.25, 0.3) is 11.0 Å². The average molecular weight is 461 g/mol. The molecule has 0 aliphatic heterocycles. The summed E-state index contributed by atoms with van der Waals surface area (Å²) < 4.78 is 1.90. The molecule has 2 N–H and O–H groups in total. The maximum atomic E-state index is 12.9. The van der Waals surface area contributed by atoms with E-state index < -0.39 is 0 Å². The molecule has 0 bridgehead atoms. The number of benzene rings is 3. The molecule has 0 atom stereocenters. The Balaban J connectivity index is 1.49. The van der Waals surface area contributed by atoms with Crippen LogP contribution < -0.4 is 10.6 Å². The molecular weight excluding hydrogens is 436 g/mol. The first-order valence-corrected chi connectivity index (χ1v) is 11.1. The van der Waals surface area contributed by atoms with Gasteiger partial charge in [-0.3, -0.25) is 9.59 Å². The van der Waals surface area contributed by atoms with Gasteiger partial charge >= 0.3 is 0 Å². The molecule has 3 aromatic carbocycles. The number of carbonyl (C=O) groups excluding carboxylic acids is 2. The van der Waals surface area contributed by atoms with Crippen molar-refractivity contribution in [3.05, 3.63) is 94.3 Å². The fourth-order valence-electron chi connectivity index (χ4n) is 3.72. The summed E-state index contributed by atoms with van der Waals surface area (Å²) in [6, 6.07) is 20.6. The Kier molecular flexibility index (Phi) is 6.75. The minimum Gasteiger partial charge on any atom is -0.352 e. The third kappa shape index (κ3) is 5.23. The van der Waals surface area contributed by atoms with E-state index in [1.54, 1.807) is 24.3 Å². The van der Waals surface area contributed by atoms with E-state index in [-0.39, 0.29) is 18.4 Å². The standard InChI is InChI=1S/C26H25ClN4O2/c1-17-11-12-18(2)22(15-17)30-25(32)16-31-23-10-6-5-9-21(23)29-24(31)13-14-28-26(33)19-7-3-4-8-20(19)27/h3-12,15H,13-14,16H2,1-2H3,(H,28,33)(H,30,32). The Morgan fingerprint density at radius 2 is 1.76 bits per heavy atom. The largest absolute Gasteiger partial charge is 0.352 e. The van der Waals surface area contributed by atoms with Gasteiger partial charge in [0.25, 0.3) is 5.91 Å². The van der Waals surface area contributed by atoms with E-state index in [1.807, 2.05) is 60.9 Å².